The van der Waals surface area contributed by atoms with Crippen molar-refractivity contribution in [1.29, 1.82) is 0 Å². The van der Waals surface area contributed by atoms with E-state index in [0.717, 1.165) is 32.8 Å². The second-order valence-electron chi connectivity index (χ2n) is 5.25. The summed E-state index contributed by atoms with van der Waals surface area (Å²) in [6.07, 6.45) is 1.000. The standard InChI is InChI=1S/C18H20BrNO3/c1-12-4-6-17(16(19)8-12)20-18(21)7-5-13-9-14(22-2)11-15(10-13)23-3/h4,6,8-11H,5,7H2,1-3H3,(H,20,21). The molecule has 0 saturated carbocycles. The van der Waals surface area contributed by atoms with Gasteiger partial charge in [0.25, 0.3) is 0 Å². The van der Waals surface area contributed by atoms with E-state index in [2.05, 4.69) is 21.2 Å². The Morgan fingerprint density at radius 1 is 1.09 bits per heavy atom. The first-order chi connectivity index (χ1) is 11.0. The summed E-state index contributed by atoms with van der Waals surface area (Å²) in [4.78, 5) is 12.1. The third-order valence-corrected chi connectivity index (χ3v) is 4.11. The Labute approximate surface area is 144 Å². The van der Waals surface area contributed by atoms with Gasteiger partial charge in [-0.2, -0.15) is 0 Å². The summed E-state index contributed by atoms with van der Waals surface area (Å²) in [6, 6.07) is 11.5. The predicted octanol–water partition coefficient (Wildman–Crippen LogP) is 4.35. The van der Waals surface area contributed by atoms with Crippen LogP contribution in [0.5, 0.6) is 11.5 Å². The van der Waals surface area contributed by atoms with Crippen LogP contribution in [-0.2, 0) is 11.2 Å². The van der Waals surface area contributed by atoms with Gasteiger partial charge >= 0.3 is 0 Å². The second kappa shape index (κ2) is 8.02. The van der Waals surface area contributed by atoms with Crippen LogP contribution in [0.3, 0.4) is 0 Å². The first-order valence-corrected chi connectivity index (χ1v) is 8.09. The van der Waals surface area contributed by atoms with Gasteiger partial charge in [0.05, 0.1) is 19.9 Å². The Kier molecular flexibility index (Phi) is 6.04. The highest BCUT2D eigenvalue weighted by atomic mass is 79.9. The zero-order valence-corrected chi connectivity index (χ0v) is 15.1. The topological polar surface area (TPSA) is 47.6 Å². The van der Waals surface area contributed by atoms with Crippen molar-refractivity contribution in [3.63, 3.8) is 0 Å². The number of benzene rings is 2. The van der Waals surface area contributed by atoms with Crippen molar-refractivity contribution >= 4 is 27.5 Å². The van der Waals surface area contributed by atoms with Gasteiger partial charge in [-0.3, -0.25) is 4.79 Å². The predicted molar refractivity (Wildman–Crippen MR) is 95.4 cm³/mol. The Balaban J connectivity index is 1.99. The molecule has 1 amide bonds. The number of carbonyl (C=O) groups excluding carboxylic acids is 1. The maximum absolute atomic E-state index is 12.1. The van der Waals surface area contributed by atoms with Crippen LogP contribution in [0.2, 0.25) is 0 Å². The largest absolute Gasteiger partial charge is 0.497 e. The summed E-state index contributed by atoms with van der Waals surface area (Å²) in [7, 11) is 3.22. The molecule has 4 nitrogen and oxygen atoms in total. The van der Waals surface area contributed by atoms with Gasteiger partial charge in [-0.25, -0.2) is 0 Å². The van der Waals surface area contributed by atoms with E-state index in [1.807, 2.05) is 43.3 Å². The number of aryl methyl sites for hydroxylation is 2. The highest BCUT2D eigenvalue weighted by Gasteiger charge is 2.08. The molecule has 5 heteroatoms. The summed E-state index contributed by atoms with van der Waals surface area (Å²) in [6.45, 7) is 2.01. The zero-order valence-electron chi connectivity index (χ0n) is 13.5. The van der Waals surface area contributed by atoms with Crippen molar-refractivity contribution in [3.8, 4) is 11.5 Å². The number of ether oxygens (including phenoxy) is 2. The van der Waals surface area contributed by atoms with Crippen molar-refractivity contribution < 1.29 is 14.3 Å². The van der Waals surface area contributed by atoms with Gasteiger partial charge in [0, 0.05) is 17.0 Å². The van der Waals surface area contributed by atoms with Crippen LogP contribution in [0, 0.1) is 6.92 Å². The maximum atomic E-state index is 12.1. The van der Waals surface area contributed by atoms with Crippen LogP contribution in [0.25, 0.3) is 0 Å². The van der Waals surface area contributed by atoms with E-state index in [-0.39, 0.29) is 5.91 Å². The number of methoxy groups -OCH3 is 2. The highest BCUT2D eigenvalue weighted by molar-refractivity contribution is 9.10. The minimum Gasteiger partial charge on any atom is -0.497 e. The fourth-order valence-corrected chi connectivity index (χ4v) is 2.80. The van der Waals surface area contributed by atoms with Crippen LogP contribution in [0.15, 0.2) is 40.9 Å². The lowest BCUT2D eigenvalue weighted by molar-refractivity contribution is -0.116. The van der Waals surface area contributed by atoms with Crippen molar-refractivity contribution in [1.82, 2.24) is 0 Å². The fraction of sp³-hybridized carbons (Fsp3) is 0.278. The Morgan fingerprint density at radius 2 is 1.74 bits per heavy atom. The average Bonchev–Trinajstić information content (AvgIpc) is 2.55. The second-order valence-corrected chi connectivity index (χ2v) is 6.11. The lowest BCUT2D eigenvalue weighted by atomic mass is 10.1. The molecule has 0 saturated heterocycles. The van der Waals surface area contributed by atoms with E-state index in [1.165, 1.54) is 0 Å². The summed E-state index contributed by atoms with van der Waals surface area (Å²) >= 11 is 3.46. The van der Waals surface area contributed by atoms with Gasteiger partial charge in [-0.1, -0.05) is 6.07 Å². The minimum atomic E-state index is -0.0312. The molecule has 0 aliphatic rings. The Hall–Kier alpha value is -2.01. The van der Waals surface area contributed by atoms with E-state index in [4.69, 9.17) is 9.47 Å². The Morgan fingerprint density at radius 3 is 2.30 bits per heavy atom. The fourth-order valence-electron chi connectivity index (χ4n) is 2.20. The van der Waals surface area contributed by atoms with Crippen molar-refractivity contribution in [2.75, 3.05) is 19.5 Å². The molecule has 0 aromatic heterocycles. The maximum Gasteiger partial charge on any atom is 0.224 e. The van der Waals surface area contributed by atoms with Gasteiger partial charge in [-0.05, 0) is 64.7 Å². The number of hydrogen-bond donors (Lipinski definition) is 1. The molecule has 1 N–H and O–H groups in total. The smallest absolute Gasteiger partial charge is 0.224 e. The van der Waals surface area contributed by atoms with E-state index in [9.17, 15) is 4.79 Å². The van der Waals surface area contributed by atoms with Gasteiger partial charge in [0.15, 0.2) is 0 Å². The van der Waals surface area contributed by atoms with Crippen molar-refractivity contribution in [2.24, 2.45) is 0 Å². The molecule has 2 aromatic rings. The molecule has 0 aliphatic carbocycles. The number of amides is 1. The van der Waals surface area contributed by atoms with Gasteiger partial charge in [0.1, 0.15) is 11.5 Å². The molecule has 0 aliphatic heterocycles. The molecular formula is C18H20BrNO3. The van der Waals surface area contributed by atoms with Crippen LogP contribution in [0.4, 0.5) is 5.69 Å². The molecule has 0 atom stereocenters. The van der Waals surface area contributed by atoms with Crippen LogP contribution < -0.4 is 14.8 Å². The Bertz CT molecular complexity index is 678. The molecular weight excluding hydrogens is 358 g/mol. The third kappa shape index (κ3) is 4.99. The molecule has 0 bridgehead atoms. The monoisotopic (exact) mass is 377 g/mol. The number of anilines is 1. The van der Waals surface area contributed by atoms with E-state index in [0.29, 0.717) is 12.8 Å². The minimum absolute atomic E-state index is 0.0312. The molecule has 2 rings (SSSR count). The SMILES string of the molecule is COc1cc(CCC(=O)Nc2ccc(C)cc2Br)cc(OC)c1. The van der Waals surface area contributed by atoms with E-state index >= 15 is 0 Å². The summed E-state index contributed by atoms with van der Waals surface area (Å²) in [5.41, 5.74) is 2.92. The van der Waals surface area contributed by atoms with Gasteiger partial charge in [0.2, 0.25) is 5.91 Å². The molecule has 23 heavy (non-hydrogen) atoms. The quantitative estimate of drug-likeness (QED) is 0.813. The lowest BCUT2D eigenvalue weighted by Gasteiger charge is -2.10. The summed E-state index contributed by atoms with van der Waals surface area (Å²) in [5.74, 6) is 1.42. The molecule has 0 spiro atoms. The summed E-state index contributed by atoms with van der Waals surface area (Å²) < 4.78 is 11.4. The molecule has 0 unspecified atom stereocenters. The molecule has 122 valence electrons. The number of carbonyl (C=O) groups is 1. The van der Waals surface area contributed by atoms with Crippen molar-refractivity contribution in [2.45, 2.75) is 19.8 Å². The van der Waals surface area contributed by atoms with Crippen molar-refractivity contribution in [3.05, 3.63) is 52.0 Å². The highest BCUT2D eigenvalue weighted by Crippen LogP contribution is 2.25. The number of nitrogens with one attached hydrogen (secondary N) is 1. The van der Waals surface area contributed by atoms with E-state index < -0.39 is 0 Å². The van der Waals surface area contributed by atoms with Crippen LogP contribution >= 0.6 is 15.9 Å². The van der Waals surface area contributed by atoms with Gasteiger partial charge in [-0.15, -0.1) is 0 Å². The third-order valence-electron chi connectivity index (χ3n) is 3.45. The molecule has 0 radical (unpaired) electrons. The zero-order chi connectivity index (χ0) is 16.8. The number of rotatable bonds is 6. The summed E-state index contributed by atoms with van der Waals surface area (Å²) in [5, 5.41) is 2.92. The molecule has 2 aromatic carbocycles. The number of halogens is 1. The normalized spacial score (nSPS) is 10.3. The first kappa shape index (κ1) is 17.3. The lowest BCUT2D eigenvalue weighted by Crippen LogP contribution is -2.12. The van der Waals surface area contributed by atoms with E-state index in [1.54, 1.807) is 14.2 Å². The van der Waals surface area contributed by atoms with Gasteiger partial charge < -0.3 is 14.8 Å². The molecule has 0 heterocycles. The average molecular weight is 378 g/mol. The number of hydrogen-bond acceptors (Lipinski definition) is 3. The molecule has 0 fully saturated rings. The van der Waals surface area contributed by atoms with Crippen LogP contribution in [0.1, 0.15) is 17.5 Å². The van der Waals surface area contributed by atoms with Crippen LogP contribution in [-0.4, -0.2) is 20.1 Å². The first-order valence-electron chi connectivity index (χ1n) is 7.30.